The molecular formula is C17H15ClO2. The Kier molecular flexibility index (Phi) is 3.75. The fraction of sp³-hybridized carbons (Fsp3) is 0.235. The number of fused-ring (bicyclic) bond motifs is 1. The molecule has 1 aliphatic carbocycles. The minimum atomic E-state index is -0.350. The second-order valence-corrected chi connectivity index (χ2v) is 5.47. The van der Waals surface area contributed by atoms with Gasteiger partial charge in [0.1, 0.15) is 5.75 Å². The van der Waals surface area contributed by atoms with E-state index in [1.807, 2.05) is 12.1 Å². The Hall–Kier alpha value is -1.80. The van der Waals surface area contributed by atoms with Crippen LogP contribution < -0.4 is 4.74 Å². The van der Waals surface area contributed by atoms with Crippen molar-refractivity contribution in [3.8, 4) is 5.75 Å². The van der Waals surface area contributed by atoms with Gasteiger partial charge < -0.3 is 4.74 Å². The molecule has 2 aromatic carbocycles. The Morgan fingerprint density at radius 1 is 0.950 bits per heavy atom. The molecule has 20 heavy (non-hydrogen) atoms. The summed E-state index contributed by atoms with van der Waals surface area (Å²) >= 11 is 5.80. The maximum absolute atomic E-state index is 12.0. The van der Waals surface area contributed by atoms with Crippen LogP contribution in [0.1, 0.15) is 34.3 Å². The maximum Gasteiger partial charge on any atom is 0.343 e. The number of rotatable bonds is 2. The summed E-state index contributed by atoms with van der Waals surface area (Å²) in [4.78, 5) is 12.0. The van der Waals surface area contributed by atoms with Crippen LogP contribution in [0, 0.1) is 0 Å². The van der Waals surface area contributed by atoms with Gasteiger partial charge in [-0.25, -0.2) is 4.79 Å². The van der Waals surface area contributed by atoms with Crippen LogP contribution in [0.2, 0.25) is 5.02 Å². The van der Waals surface area contributed by atoms with E-state index < -0.39 is 0 Å². The van der Waals surface area contributed by atoms with Crippen molar-refractivity contribution in [2.75, 3.05) is 0 Å². The molecule has 0 saturated carbocycles. The van der Waals surface area contributed by atoms with Gasteiger partial charge in [0.25, 0.3) is 0 Å². The van der Waals surface area contributed by atoms with E-state index in [-0.39, 0.29) is 5.97 Å². The molecule has 2 aromatic rings. The summed E-state index contributed by atoms with van der Waals surface area (Å²) in [5.74, 6) is 0.267. The van der Waals surface area contributed by atoms with Crippen molar-refractivity contribution in [1.82, 2.24) is 0 Å². The number of ether oxygens (including phenoxy) is 1. The third kappa shape index (κ3) is 2.86. The molecule has 0 heterocycles. The molecular weight excluding hydrogens is 272 g/mol. The summed E-state index contributed by atoms with van der Waals surface area (Å²) in [5.41, 5.74) is 3.19. The normalized spacial score (nSPS) is 13.7. The highest BCUT2D eigenvalue weighted by molar-refractivity contribution is 6.30. The summed E-state index contributed by atoms with van der Waals surface area (Å²) in [7, 11) is 0. The first-order valence-electron chi connectivity index (χ1n) is 6.82. The monoisotopic (exact) mass is 286 g/mol. The Morgan fingerprint density at radius 2 is 1.65 bits per heavy atom. The number of esters is 1. The van der Waals surface area contributed by atoms with Gasteiger partial charge in [-0.05, 0) is 73.2 Å². The maximum atomic E-state index is 12.0. The number of carbonyl (C=O) groups excluding carboxylic acids is 1. The lowest BCUT2D eigenvalue weighted by Crippen LogP contribution is -2.09. The van der Waals surface area contributed by atoms with Crippen molar-refractivity contribution in [3.05, 3.63) is 64.2 Å². The van der Waals surface area contributed by atoms with Crippen LogP contribution in [0.5, 0.6) is 5.75 Å². The van der Waals surface area contributed by atoms with Crippen LogP contribution in [0.4, 0.5) is 0 Å². The minimum Gasteiger partial charge on any atom is -0.423 e. The average Bonchev–Trinajstić information content (AvgIpc) is 2.48. The van der Waals surface area contributed by atoms with Gasteiger partial charge in [-0.2, -0.15) is 0 Å². The highest BCUT2D eigenvalue weighted by Gasteiger charge is 2.12. The quantitative estimate of drug-likeness (QED) is 0.603. The molecule has 0 saturated heterocycles. The van der Waals surface area contributed by atoms with E-state index >= 15 is 0 Å². The number of hydrogen-bond donors (Lipinski definition) is 0. The number of benzene rings is 2. The molecule has 3 rings (SSSR count). The van der Waals surface area contributed by atoms with E-state index in [0.29, 0.717) is 16.3 Å². The lowest BCUT2D eigenvalue weighted by molar-refractivity contribution is 0.0734. The molecule has 0 amide bonds. The number of aryl methyl sites for hydroxylation is 2. The highest BCUT2D eigenvalue weighted by Crippen LogP contribution is 2.25. The van der Waals surface area contributed by atoms with Crippen molar-refractivity contribution in [1.29, 1.82) is 0 Å². The molecule has 0 radical (unpaired) electrons. The Labute approximate surface area is 123 Å². The largest absolute Gasteiger partial charge is 0.423 e. The molecule has 1 aliphatic rings. The summed E-state index contributed by atoms with van der Waals surface area (Å²) in [6.45, 7) is 0. The molecule has 0 unspecified atom stereocenters. The zero-order chi connectivity index (χ0) is 13.9. The fourth-order valence-corrected chi connectivity index (χ4v) is 2.65. The van der Waals surface area contributed by atoms with Gasteiger partial charge in [-0.3, -0.25) is 0 Å². The van der Waals surface area contributed by atoms with Gasteiger partial charge in [0.2, 0.25) is 0 Å². The first-order valence-corrected chi connectivity index (χ1v) is 7.20. The second kappa shape index (κ2) is 5.68. The smallest absolute Gasteiger partial charge is 0.343 e. The fourth-order valence-electron chi connectivity index (χ4n) is 2.53. The Balaban J connectivity index is 1.77. The molecule has 0 aliphatic heterocycles. The Morgan fingerprint density at radius 3 is 2.40 bits per heavy atom. The van der Waals surface area contributed by atoms with E-state index in [9.17, 15) is 4.79 Å². The molecule has 2 nitrogen and oxygen atoms in total. The standard InChI is InChI=1S/C17H15ClO2/c18-15-8-5-13(6-9-15)17(19)20-16-10-7-12-3-1-2-4-14(12)11-16/h5-11H,1-4H2. The van der Waals surface area contributed by atoms with Crippen molar-refractivity contribution < 1.29 is 9.53 Å². The van der Waals surface area contributed by atoms with E-state index in [1.165, 1.54) is 24.0 Å². The Bertz CT molecular complexity index is 632. The minimum absolute atomic E-state index is 0.350. The predicted molar refractivity (Wildman–Crippen MR) is 79.5 cm³/mol. The number of halogens is 1. The molecule has 0 N–H and O–H groups in total. The molecule has 0 spiro atoms. The molecule has 0 atom stereocenters. The van der Waals surface area contributed by atoms with Gasteiger partial charge in [-0.15, -0.1) is 0 Å². The van der Waals surface area contributed by atoms with E-state index in [1.54, 1.807) is 24.3 Å². The summed E-state index contributed by atoms with van der Waals surface area (Å²) in [6.07, 6.45) is 4.65. The number of carbonyl (C=O) groups is 1. The predicted octanol–water partition coefficient (Wildman–Crippen LogP) is 4.44. The zero-order valence-corrected chi connectivity index (χ0v) is 11.8. The first-order chi connectivity index (χ1) is 9.72. The van der Waals surface area contributed by atoms with Crippen molar-refractivity contribution >= 4 is 17.6 Å². The highest BCUT2D eigenvalue weighted by atomic mass is 35.5. The van der Waals surface area contributed by atoms with Crippen LogP contribution in [0.3, 0.4) is 0 Å². The van der Waals surface area contributed by atoms with Gasteiger partial charge in [0, 0.05) is 5.02 Å². The average molecular weight is 287 g/mol. The third-order valence-electron chi connectivity index (χ3n) is 3.61. The summed E-state index contributed by atoms with van der Waals surface area (Å²) < 4.78 is 5.42. The van der Waals surface area contributed by atoms with Crippen molar-refractivity contribution in [2.45, 2.75) is 25.7 Å². The third-order valence-corrected chi connectivity index (χ3v) is 3.86. The molecule has 0 fully saturated rings. The van der Waals surface area contributed by atoms with Crippen molar-refractivity contribution in [3.63, 3.8) is 0 Å². The SMILES string of the molecule is O=C(Oc1ccc2c(c1)CCCC2)c1ccc(Cl)cc1. The molecule has 102 valence electrons. The molecule has 3 heteroatoms. The first kappa shape index (κ1) is 13.2. The lowest BCUT2D eigenvalue weighted by atomic mass is 9.92. The summed E-state index contributed by atoms with van der Waals surface area (Å²) in [6, 6.07) is 12.6. The molecule has 0 bridgehead atoms. The van der Waals surface area contributed by atoms with Crippen LogP contribution in [0.25, 0.3) is 0 Å². The second-order valence-electron chi connectivity index (χ2n) is 5.03. The van der Waals surface area contributed by atoms with Gasteiger partial charge in [0.05, 0.1) is 5.56 Å². The topological polar surface area (TPSA) is 26.3 Å². The van der Waals surface area contributed by atoms with Crippen molar-refractivity contribution in [2.24, 2.45) is 0 Å². The summed E-state index contributed by atoms with van der Waals surface area (Å²) in [5, 5.41) is 0.607. The van der Waals surface area contributed by atoms with E-state index in [2.05, 4.69) is 6.07 Å². The van der Waals surface area contributed by atoms with Crippen LogP contribution in [0.15, 0.2) is 42.5 Å². The van der Waals surface area contributed by atoms with Crippen LogP contribution >= 0.6 is 11.6 Å². The van der Waals surface area contributed by atoms with E-state index in [0.717, 1.165) is 12.8 Å². The van der Waals surface area contributed by atoms with Gasteiger partial charge in [-0.1, -0.05) is 17.7 Å². The number of hydrogen-bond acceptors (Lipinski definition) is 2. The van der Waals surface area contributed by atoms with Crippen LogP contribution in [-0.4, -0.2) is 5.97 Å². The molecule has 0 aromatic heterocycles. The zero-order valence-electron chi connectivity index (χ0n) is 11.1. The van der Waals surface area contributed by atoms with Gasteiger partial charge in [0.15, 0.2) is 0 Å². The van der Waals surface area contributed by atoms with Crippen LogP contribution in [-0.2, 0) is 12.8 Å². The van der Waals surface area contributed by atoms with Gasteiger partial charge >= 0.3 is 5.97 Å². The lowest BCUT2D eigenvalue weighted by Gasteiger charge is -2.16. The van der Waals surface area contributed by atoms with E-state index in [4.69, 9.17) is 16.3 Å².